The third kappa shape index (κ3) is 3.38. The van der Waals surface area contributed by atoms with Crippen LogP contribution in [-0.2, 0) is 0 Å². The predicted octanol–water partition coefficient (Wildman–Crippen LogP) is 1.56. The van der Waals surface area contributed by atoms with E-state index in [1.54, 1.807) is 11.9 Å². The third-order valence-electron chi connectivity index (χ3n) is 3.81. The number of likely N-dealkylation sites (N-methyl/N-ethyl adjacent to an activating group) is 1. The van der Waals surface area contributed by atoms with E-state index in [9.17, 15) is 15.2 Å². The van der Waals surface area contributed by atoms with Crippen molar-refractivity contribution in [3.8, 4) is 0 Å². The Hall–Kier alpha value is -1.96. The Kier molecular flexibility index (Phi) is 4.89. The number of hydrogen-bond acceptors (Lipinski definition) is 7. The summed E-state index contributed by atoms with van der Waals surface area (Å²) in [6.07, 6.45) is 4.24. The summed E-state index contributed by atoms with van der Waals surface area (Å²) >= 11 is 0. The lowest BCUT2D eigenvalue weighted by molar-refractivity contribution is -0.384. The number of nitrogens with one attached hydrogen (secondary N) is 1. The van der Waals surface area contributed by atoms with E-state index in [-0.39, 0.29) is 17.5 Å². The first-order chi connectivity index (χ1) is 10.0. The Balaban J connectivity index is 2.34. The molecule has 2 rings (SSSR count). The molecule has 0 radical (unpaired) electrons. The van der Waals surface area contributed by atoms with Crippen molar-refractivity contribution in [2.24, 2.45) is 0 Å². The molecule has 2 atom stereocenters. The molecule has 8 nitrogen and oxygen atoms in total. The maximum absolute atomic E-state index is 11.2. The highest BCUT2D eigenvalue weighted by Crippen LogP contribution is 2.31. The van der Waals surface area contributed by atoms with Crippen LogP contribution >= 0.6 is 0 Å². The molecule has 1 aliphatic rings. The van der Waals surface area contributed by atoms with Crippen molar-refractivity contribution in [3.05, 3.63) is 16.3 Å². The monoisotopic (exact) mass is 295 g/mol. The van der Waals surface area contributed by atoms with E-state index >= 15 is 0 Å². The summed E-state index contributed by atoms with van der Waals surface area (Å²) in [6.45, 7) is 2.53. The highest BCUT2D eigenvalue weighted by Gasteiger charge is 2.31. The molecule has 0 aromatic carbocycles. The van der Waals surface area contributed by atoms with Crippen LogP contribution in [0, 0.1) is 10.1 Å². The summed E-state index contributed by atoms with van der Waals surface area (Å²) in [5, 5.41) is 24.3. The van der Waals surface area contributed by atoms with Gasteiger partial charge in [-0.2, -0.15) is 4.98 Å². The number of rotatable bonds is 5. The summed E-state index contributed by atoms with van der Waals surface area (Å²) in [6, 6.07) is -0.151. The molecule has 0 aliphatic heterocycles. The summed E-state index contributed by atoms with van der Waals surface area (Å²) in [5.41, 5.74) is -0.142. The zero-order valence-corrected chi connectivity index (χ0v) is 12.3. The standard InChI is InChI=1S/C13H21N5O3/c1-3-14-13-15-8-10(18(20)21)12(16-13)17(2)9-6-4-5-7-11(9)19/h8-9,11,19H,3-7H2,1-2H3,(H,14,15,16). The van der Waals surface area contributed by atoms with E-state index < -0.39 is 11.0 Å². The zero-order chi connectivity index (χ0) is 15.4. The molecule has 1 aliphatic carbocycles. The van der Waals surface area contributed by atoms with Crippen LogP contribution in [0.5, 0.6) is 0 Å². The molecule has 1 heterocycles. The van der Waals surface area contributed by atoms with Gasteiger partial charge in [0.15, 0.2) is 0 Å². The summed E-state index contributed by atoms with van der Waals surface area (Å²) in [4.78, 5) is 20.6. The quantitative estimate of drug-likeness (QED) is 0.627. The van der Waals surface area contributed by atoms with E-state index in [4.69, 9.17) is 0 Å². The molecule has 2 unspecified atom stereocenters. The molecule has 0 bridgehead atoms. The molecule has 1 aromatic heterocycles. The molecule has 1 saturated carbocycles. The van der Waals surface area contributed by atoms with Gasteiger partial charge < -0.3 is 15.3 Å². The van der Waals surface area contributed by atoms with Gasteiger partial charge in [0.25, 0.3) is 0 Å². The zero-order valence-electron chi connectivity index (χ0n) is 12.3. The van der Waals surface area contributed by atoms with Crippen LogP contribution in [0.1, 0.15) is 32.6 Å². The van der Waals surface area contributed by atoms with Gasteiger partial charge in [0.1, 0.15) is 6.20 Å². The minimum Gasteiger partial charge on any atom is -0.391 e. The Labute approximate surface area is 123 Å². The second-order valence-corrected chi connectivity index (χ2v) is 5.22. The number of aromatic nitrogens is 2. The number of anilines is 2. The van der Waals surface area contributed by atoms with Gasteiger partial charge in [-0.1, -0.05) is 12.8 Å². The normalized spacial score (nSPS) is 21.9. The van der Waals surface area contributed by atoms with Crippen molar-refractivity contribution in [1.82, 2.24) is 9.97 Å². The average molecular weight is 295 g/mol. The molecule has 21 heavy (non-hydrogen) atoms. The second-order valence-electron chi connectivity index (χ2n) is 5.22. The molecule has 116 valence electrons. The highest BCUT2D eigenvalue weighted by atomic mass is 16.6. The third-order valence-corrected chi connectivity index (χ3v) is 3.81. The predicted molar refractivity (Wildman–Crippen MR) is 79.5 cm³/mol. The van der Waals surface area contributed by atoms with E-state index in [1.807, 2.05) is 6.92 Å². The largest absolute Gasteiger partial charge is 0.391 e. The maximum Gasteiger partial charge on any atom is 0.329 e. The van der Waals surface area contributed by atoms with Crippen LogP contribution in [0.15, 0.2) is 6.20 Å². The van der Waals surface area contributed by atoms with Gasteiger partial charge in [-0.25, -0.2) is 4.98 Å². The molecule has 0 amide bonds. The number of aliphatic hydroxyl groups is 1. The first-order valence-electron chi connectivity index (χ1n) is 7.20. The van der Waals surface area contributed by atoms with Crippen molar-refractivity contribution in [3.63, 3.8) is 0 Å². The molecule has 0 spiro atoms. The highest BCUT2D eigenvalue weighted by molar-refractivity contribution is 5.59. The van der Waals surface area contributed by atoms with Gasteiger partial charge in [0.2, 0.25) is 11.8 Å². The molecular formula is C13H21N5O3. The molecular weight excluding hydrogens is 274 g/mol. The van der Waals surface area contributed by atoms with E-state index in [0.717, 1.165) is 19.3 Å². The Morgan fingerprint density at radius 3 is 2.86 bits per heavy atom. The average Bonchev–Trinajstić information content (AvgIpc) is 2.47. The van der Waals surface area contributed by atoms with Gasteiger partial charge in [-0.3, -0.25) is 10.1 Å². The van der Waals surface area contributed by atoms with Crippen LogP contribution in [0.3, 0.4) is 0 Å². The van der Waals surface area contributed by atoms with Crippen LogP contribution < -0.4 is 10.2 Å². The first kappa shape index (κ1) is 15.4. The summed E-state index contributed by atoms with van der Waals surface area (Å²) in [5.74, 6) is 0.604. The van der Waals surface area contributed by atoms with Gasteiger partial charge in [0, 0.05) is 13.6 Å². The Bertz CT molecular complexity index is 511. The van der Waals surface area contributed by atoms with Crippen molar-refractivity contribution in [1.29, 1.82) is 0 Å². The fourth-order valence-corrected chi connectivity index (χ4v) is 2.70. The molecule has 1 fully saturated rings. The van der Waals surface area contributed by atoms with E-state index in [1.165, 1.54) is 6.20 Å². The fraction of sp³-hybridized carbons (Fsp3) is 0.692. The lowest BCUT2D eigenvalue weighted by Crippen LogP contribution is -2.44. The van der Waals surface area contributed by atoms with Crippen LogP contribution in [0.2, 0.25) is 0 Å². The lowest BCUT2D eigenvalue weighted by atomic mass is 9.91. The number of nitrogens with zero attached hydrogens (tertiary/aromatic N) is 4. The van der Waals surface area contributed by atoms with Crippen molar-refractivity contribution >= 4 is 17.5 Å². The Morgan fingerprint density at radius 1 is 1.52 bits per heavy atom. The Morgan fingerprint density at radius 2 is 2.24 bits per heavy atom. The number of aliphatic hydroxyl groups excluding tert-OH is 1. The van der Waals surface area contributed by atoms with Crippen molar-refractivity contribution < 1.29 is 10.0 Å². The van der Waals surface area contributed by atoms with E-state index in [2.05, 4.69) is 15.3 Å². The molecule has 8 heteroatoms. The smallest absolute Gasteiger partial charge is 0.329 e. The second kappa shape index (κ2) is 6.66. The van der Waals surface area contributed by atoms with Crippen LogP contribution in [0.4, 0.5) is 17.5 Å². The number of nitro groups is 1. The van der Waals surface area contributed by atoms with Crippen molar-refractivity contribution in [2.45, 2.75) is 44.8 Å². The van der Waals surface area contributed by atoms with Crippen LogP contribution in [-0.4, -0.2) is 45.7 Å². The van der Waals surface area contributed by atoms with Crippen LogP contribution in [0.25, 0.3) is 0 Å². The topological polar surface area (TPSA) is 104 Å². The fourth-order valence-electron chi connectivity index (χ4n) is 2.70. The van der Waals surface area contributed by atoms with Gasteiger partial charge in [-0.05, 0) is 19.8 Å². The summed E-state index contributed by atoms with van der Waals surface area (Å²) < 4.78 is 0. The number of hydrogen-bond donors (Lipinski definition) is 2. The molecule has 0 saturated heterocycles. The van der Waals surface area contributed by atoms with Crippen molar-refractivity contribution in [2.75, 3.05) is 23.8 Å². The minimum atomic E-state index is -0.489. The molecule has 1 aromatic rings. The first-order valence-corrected chi connectivity index (χ1v) is 7.20. The minimum absolute atomic E-state index is 0.142. The van der Waals surface area contributed by atoms with Gasteiger partial charge in [0.05, 0.1) is 17.1 Å². The SMILES string of the molecule is CCNc1ncc([N+](=O)[O-])c(N(C)C2CCCCC2O)n1. The molecule has 2 N–H and O–H groups in total. The van der Waals surface area contributed by atoms with Gasteiger partial charge >= 0.3 is 5.69 Å². The maximum atomic E-state index is 11.2. The summed E-state index contributed by atoms with van der Waals surface area (Å²) in [7, 11) is 1.74. The van der Waals surface area contributed by atoms with Gasteiger partial charge in [-0.15, -0.1) is 0 Å². The van der Waals surface area contributed by atoms with E-state index in [0.29, 0.717) is 18.9 Å². The lowest BCUT2D eigenvalue weighted by Gasteiger charge is -2.35.